The van der Waals surface area contributed by atoms with Gasteiger partial charge in [0.2, 0.25) is 10.0 Å². The predicted molar refractivity (Wildman–Crippen MR) is 74.8 cm³/mol. The van der Waals surface area contributed by atoms with Gasteiger partial charge in [-0.2, -0.15) is 11.8 Å². The molecule has 3 N–H and O–H groups in total. The van der Waals surface area contributed by atoms with Gasteiger partial charge in [0.25, 0.3) is 0 Å². The monoisotopic (exact) mass is 280 g/mol. The van der Waals surface area contributed by atoms with E-state index in [0.29, 0.717) is 18.2 Å². The Morgan fingerprint density at radius 1 is 1.35 bits per heavy atom. The van der Waals surface area contributed by atoms with Gasteiger partial charge in [-0.15, -0.1) is 0 Å². The molecule has 2 unspecified atom stereocenters. The Labute approximate surface area is 109 Å². The largest absolute Gasteiger partial charge is 0.330 e. The van der Waals surface area contributed by atoms with E-state index in [4.69, 9.17) is 5.73 Å². The lowest BCUT2D eigenvalue weighted by atomic mass is 9.96. The van der Waals surface area contributed by atoms with Gasteiger partial charge in [-0.3, -0.25) is 0 Å². The highest BCUT2D eigenvalue weighted by molar-refractivity contribution is 7.99. The molecule has 0 bridgehead atoms. The van der Waals surface area contributed by atoms with Crippen LogP contribution in [0, 0.1) is 0 Å². The highest BCUT2D eigenvalue weighted by atomic mass is 32.2. The first-order valence-corrected chi connectivity index (χ1v) is 9.24. The summed E-state index contributed by atoms with van der Waals surface area (Å²) >= 11 is 1.85. The second kappa shape index (κ2) is 7.61. The van der Waals surface area contributed by atoms with Crippen molar-refractivity contribution in [2.75, 3.05) is 18.6 Å². The Morgan fingerprint density at radius 3 is 2.76 bits per heavy atom. The third kappa shape index (κ3) is 6.08. The molecule has 0 aromatic rings. The molecule has 102 valence electrons. The van der Waals surface area contributed by atoms with E-state index in [1.165, 1.54) is 6.42 Å². The molecule has 1 rings (SSSR count). The van der Waals surface area contributed by atoms with E-state index in [0.717, 1.165) is 25.7 Å². The van der Waals surface area contributed by atoms with E-state index in [-0.39, 0.29) is 11.8 Å². The summed E-state index contributed by atoms with van der Waals surface area (Å²) in [5, 5.41) is 0.612. The average Bonchev–Trinajstić information content (AvgIpc) is 2.29. The number of hydrogen-bond donors (Lipinski definition) is 2. The summed E-state index contributed by atoms with van der Waals surface area (Å²) in [4.78, 5) is 0. The molecule has 1 aliphatic carbocycles. The van der Waals surface area contributed by atoms with E-state index >= 15 is 0 Å². The minimum atomic E-state index is -3.10. The third-order valence-electron chi connectivity index (χ3n) is 3.17. The van der Waals surface area contributed by atoms with Crippen LogP contribution in [0.2, 0.25) is 0 Å². The molecule has 0 aromatic carbocycles. The molecule has 2 atom stereocenters. The van der Waals surface area contributed by atoms with Crippen molar-refractivity contribution >= 4 is 21.8 Å². The van der Waals surface area contributed by atoms with Crippen LogP contribution in [-0.2, 0) is 10.0 Å². The van der Waals surface area contributed by atoms with Gasteiger partial charge >= 0.3 is 0 Å². The SMILES string of the molecule is CSC1CCCC(NS(=O)(=O)CCCCN)C1. The van der Waals surface area contributed by atoms with Gasteiger partial charge in [-0.1, -0.05) is 6.42 Å². The lowest BCUT2D eigenvalue weighted by molar-refractivity contribution is 0.420. The summed E-state index contributed by atoms with van der Waals surface area (Å²) < 4.78 is 26.5. The standard InChI is InChI=1S/C11H24N2O2S2/c1-16-11-6-4-5-10(9-11)13-17(14,15)8-3-2-7-12/h10-11,13H,2-9,12H2,1H3. The molecule has 1 aliphatic rings. The second-order valence-electron chi connectivity index (χ2n) is 4.65. The fraction of sp³-hybridized carbons (Fsp3) is 1.00. The molecule has 0 spiro atoms. The molecule has 1 fully saturated rings. The van der Waals surface area contributed by atoms with Crippen molar-refractivity contribution in [1.82, 2.24) is 4.72 Å². The Balaban J connectivity index is 2.36. The Kier molecular flexibility index (Phi) is 6.84. The van der Waals surface area contributed by atoms with E-state index in [1.54, 1.807) is 0 Å². The van der Waals surface area contributed by atoms with Gasteiger partial charge in [0, 0.05) is 11.3 Å². The lowest BCUT2D eigenvalue weighted by Gasteiger charge is -2.28. The molecule has 0 aliphatic heterocycles. The smallest absolute Gasteiger partial charge is 0.211 e. The predicted octanol–water partition coefficient (Wildman–Crippen LogP) is 1.32. The van der Waals surface area contributed by atoms with Crippen molar-refractivity contribution in [2.24, 2.45) is 5.73 Å². The Bertz CT molecular complexity index is 307. The average molecular weight is 280 g/mol. The van der Waals surface area contributed by atoms with Crippen molar-refractivity contribution in [3.63, 3.8) is 0 Å². The molecule has 0 saturated heterocycles. The van der Waals surface area contributed by atoms with E-state index < -0.39 is 10.0 Å². The van der Waals surface area contributed by atoms with Crippen molar-refractivity contribution in [3.05, 3.63) is 0 Å². The van der Waals surface area contributed by atoms with Gasteiger partial charge in [0.15, 0.2) is 0 Å². The fourth-order valence-corrected chi connectivity index (χ4v) is 4.47. The van der Waals surface area contributed by atoms with Crippen molar-refractivity contribution < 1.29 is 8.42 Å². The normalized spacial score (nSPS) is 26.0. The first-order valence-electron chi connectivity index (χ1n) is 6.30. The summed E-state index contributed by atoms with van der Waals surface area (Å²) in [6, 6.07) is 0.143. The van der Waals surface area contributed by atoms with Crippen LogP contribution in [0.1, 0.15) is 38.5 Å². The number of unbranched alkanes of at least 4 members (excludes halogenated alkanes) is 1. The summed E-state index contributed by atoms with van der Waals surface area (Å²) in [6.07, 6.45) is 7.82. The van der Waals surface area contributed by atoms with Gasteiger partial charge in [-0.05, 0) is 44.9 Å². The van der Waals surface area contributed by atoms with Crippen LogP contribution in [-0.4, -0.2) is 38.3 Å². The van der Waals surface area contributed by atoms with Crippen LogP contribution in [0.15, 0.2) is 0 Å². The van der Waals surface area contributed by atoms with Gasteiger partial charge in [0.1, 0.15) is 0 Å². The minimum Gasteiger partial charge on any atom is -0.330 e. The number of thioether (sulfide) groups is 1. The fourth-order valence-electron chi connectivity index (χ4n) is 2.22. The maximum atomic E-state index is 11.8. The first kappa shape index (κ1) is 15.3. The minimum absolute atomic E-state index is 0.143. The van der Waals surface area contributed by atoms with Crippen LogP contribution in [0.25, 0.3) is 0 Å². The maximum absolute atomic E-state index is 11.8. The second-order valence-corrected chi connectivity index (χ2v) is 7.67. The molecular weight excluding hydrogens is 256 g/mol. The maximum Gasteiger partial charge on any atom is 0.211 e. The molecular formula is C11H24N2O2S2. The van der Waals surface area contributed by atoms with Crippen molar-refractivity contribution in [2.45, 2.75) is 49.8 Å². The van der Waals surface area contributed by atoms with Gasteiger partial charge in [-0.25, -0.2) is 13.1 Å². The van der Waals surface area contributed by atoms with Gasteiger partial charge in [0.05, 0.1) is 5.75 Å². The summed E-state index contributed by atoms with van der Waals surface area (Å²) in [6.45, 7) is 0.563. The number of nitrogens with one attached hydrogen (secondary N) is 1. The topological polar surface area (TPSA) is 72.2 Å². The zero-order valence-corrected chi connectivity index (χ0v) is 12.2. The summed E-state index contributed by atoms with van der Waals surface area (Å²) in [7, 11) is -3.10. The molecule has 0 amide bonds. The number of hydrogen-bond acceptors (Lipinski definition) is 4. The molecule has 1 saturated carbocycles. The Hall–Kier alpha value is 0.220. The van der Waals surface area contributed by atoms with Crippen LogP contribution in [0.4, 0.5) is 0 Å². The molecule has 0 heterocycles. The number of sulfonamides is 1. The van der Waals surface area contributed by atoms with E-state index in [9.17, 15) is 8.42 Å². The van der Waals surface area contributed by atoms with E-state index in [2.05, 4.69) is 11.0 Å². The quantitative estimate of drug-likeness (QED) is 0.690. The third-order valence-corrected chi connectivity index (χ3v) is 5.79. The van der Waals surface area contributed by atoms with Gasteiger partial charge < -0.3 is 5.73 Å². The number of rotatable bonds is 7. The molecule has 17 heavy (non-hydrogen) atoms. The molecule has 6 heteroatoms. The molecule has 0 radical (unpaired) electrons. The summed E-state index contributed by atoms with van der Waals surface area (Å²) in [5.41, 5.74) is 5.36. The van der Waals surface area contributed by atoms with E-state index in [1.807, 2.05) is 11.8 Å². The van der Waals surface area contributed by atoms with Crippen molar-refractivity contribution in [3.8, 4) is 0 Å². The van der Waals surface area contributed by atoms with Crippen LogP contribution >= 0.6 is 11.8 Å². The summed E-state index contributed by atoms with van der Waals surface area (Å²) in [5.74, 6) is 0.213. The highest BCUT2D eigenvalue weighted by Gasteiger charge is 2.24. The lowest BCUT2D eigenvalue weighted by Crippen LogP contribution is -2.40. The highest BCUT2D eigenvalue weighted by Crippen LogP contribution is 2.27. The van der Waals surface area contributed by atoms with Crippen molar-refractivity contribution in [1.29, 1.82) is 0 Å². The van der Waals surface area contributed by atoms with Crippen LogP contribution < -0.4 is 10.5 Å². The van der Waals surface area contributed by atoms with Crippen LogP contribution in [0.3, 0.4) is 0 Å². The Morgan fingerprint density at radius 2 is 2.12 bits per heavy atom. The molecule has 4 nitrogen and oxygen atoms in total. The molecule has 0 aromatic heterocycles. The van der Waals surface area contributed by atoms with Crippen LogP contribution in [0.5, 0.6) is 0 Å². The zero-order valence-electron chi connectivity index (χ0n) is 10.5. The number of nitrogens with two attached hydrogens (primary N) is 1. The first-order chi connectivity index (χ1) is 8.07. The zero-order chi connectivity index (χ0) is 12.7.